The summed E-state index contributed by atoms with van der Waals surface area (Å²) in [5, 5.41) is 9.44. The van der Waals surface area contributed by atoms with E-state index in [1.54, 1.807) is 12.1 Å². The van der Waals surface area contributed by atoms with Gasteiger partial charge in [0.2, 0.25) is 0 Å². The second-order valence-electron chi connectivity index (χ2n) is 2.58. The van der Waals surface area contributed by atoms with Gasteiger partial charge in [-0.3, -0.25) is 0 Å². The van der Waals surface area contributed by atoms with Crippen LogP contribution in [-0.4, -0.2) is 10.9 Å². The minimum absolute atomic E-state index is 0.281. The number of hydrogen-bond donors (Lipinski definition) is 2. The molecule has 0 spiro atoms. The molecule has 3 heteroatoms. The van der Waals surface area contributed by atoms with Crippen LogP contribution in [-0.2, 0) is 0 Å². The lowest BCUT2D eigenvalue weighted by molar-refractivity contribution is 0.175. The van der Waals surface area contributed by atoms with Gasteiger partial charge in [-0.15, -0.1) is 0 Å². The van der Waals surface area contributed by atoms with Crippen LogP contribution in [0.15, 0.2) is 24.3 Å². The highest BCUT2D eigenvalue weighted by Crippen LogP contribution is 2.16. The van der Waals surface area contributed by atoms with Crippen molar-refractivity contribution >= 4 is 12.6 Å². The zero-order chi connectivity index (χ0) is 8.97. The lowest BCUT2D eigenvalue weighted by atomic mass is 10.1. The summed E-state index contributed by atoms with van der Waals surface area (Å²) in [7, 11) is 0. The third kappa shape index (κ3) is 2.50. The monoisotopic (exact) mass is 186 g/mol. The predicted octanol–water partition coefficient (Wildman–Crippen LogP) is 2.18. The van der Waals surface area contributed by atoms with E-state index in [1.807, 2.05) is 0 Å². The Balaban J connectivity index is 2.68. The molecule has 0 aromatic heterocycles. The number of halogens is 1. The van der Waals surface area contributed by atoms with Gasteiger partial charge in [0.15, 0.2) is 0 Å². The van der Waals surface area contributed by atoms with Gasteiger partial charge in [-0.25, -0.2) is 4.39 Å². The Morgan fingerprint density at radius 3 is 2.42 bits per heavy atom. The van der Waals surface area contributed by atoms with E-state index in [0.717, 1.165) is 5.56 Å². The first kappa shape index (κ1) is 9.55. The fourth-order valence-corrected chi connectivity index (χ4v) is 1.22. The van der Waals surface area contributed by atoms with Crippen LogP contribution in [0.1, 0.15) is 18.1 Å². The first-order valence-electron chi connectivity index (χ1n) is 3.78. The molecule has 0 bridgehead atoms. The Bertz CT molecular complexity index is 235. The number of rotatable bonds is 3. The quantitative estimate of drug-likeness (QED) is 0.693. The van der Waals surface area contributed by atoms with Crippen molar-refractivity contribution in [3.05, 3.63) is 35.6 Å². The Morgan fingerprint density at radius 2 is 1.92 bits per heavy atom. The van der Waals surface area contributed by atoms with Crippen LogP contribution in [0.4, 0.5) is 4.39 Å². The molecule has 1 atom stereocenters. The minimum Gasteiger partial charge on any atom is -0.388 e. The standard InChI is InChI=1S/C9H11FOS/c10-8-3-1-7(2-4-8)9(11)5-6-12/h1-4,9,11-12H,5-6H2. The average Bonchev–Trinajstić information content (AvgIpc) is 2.06. The molecule has 1 nitrogen and oxygen atoms in total. The highest BCUT2D eigenvalue weighted by Gasteiger charge is 2.05. The lowest BCUT2D eigenvalue weighted by Gasteiger charge is -2.08. The summed E-state index contributed by atoms with van der Waals surface area (Å²) in [5.74, 6) is 0.343. The van der Waals surface area contributed by atoms with E-state index in [4.69, 9.17) is 0 Å². The molecule has 0 fully saturated rings. The zero-order valence-corrected chi connectivity index (χ0v) is 7.47. The van der Waals surface area contributed by atoms with Crippen LogP contribution in [0.25, 0.3) is 0 Å². The Hall–Kier alpha value is -0.540. The van der Waals surface area contributed by atoms with Gasteiger partial charge in [0, 0.05) is 0 Å². The highest BCUT2D eigenvalue weighted by atomic mass is 32.1. The average molecular weight is 186 g/mol. The molecule has 0 radical (unpaired) electrons. The van der Waals surface area contributed by atoms with E-state index in [0.29, 0.717) is 12.2 Å². The van der Waals surface area contributed by atoms with Crippen molar-refractivity contribution in [3.63, 3.8) is 0 Å². The molecular weight excluding hydrogens is 175 g/mol. The zero-order valence-electron chi connectivity index (χ0n) is 6.57. The van der Waals surface area contributed by atoms with Crippen molar-refractivity contribution in [2.75, 3.05) is 5.75 Å². The van der Waals surface area contributed by atoms with Gasteiger partial charge in [-0.2, -0.15) is 12.6 Å². The third-order valence-corrected chi connectivity index (χ3v) is 1.92. The van der Waals surface area contributed by atoms with E-state index >= 15 is 0 Å². The molecular formula is C9H11FOS. The predicted molar refractivity (Wildman–Crippen MR) is 49.8 cm³/mol. The van der Waals surface area contributed by atoms with Crippen molar-refractivity contribution in [3.8, 4) is 0 Å². The summed E-state index contributed by atoms with van der Waals surface area (Å²) in [6.07, 6.45) is 0.0671. The fraction of sp³-hybridized carbons (Fsp3) is 0.333. The summed E-state index contributed by atoms with van der Waals surface area (Å²) in [4.78, 5) is 0. The van der Waals surface area contributed by atoms with E-state index in [-0.39, 0.29) is 5.82 Å². The van der Waals surface area contributed by atoms with Crippen LogP contribution in [0.2, 0.25) is 0 Å². The molecule has 0 heterocycles. The number of thiol groups is 1. The molecule has 0 saturated heterocycles. The Morgan fingerprint density at radius 1 is 1.33 bits per heavy atom. The summed E-state index contributed by atoms with van der Waals surface area (Å²) in [6, 6.07) is 5.86. The number of aliphatic hydroxyl groups is 1. The van der Waals surface area contributed by atoms with Gasteiger partial charge in [0.25, 0.3) is 0 Å². The second kappa shape index (κ2) is 4.48. The molecule has 0 aliphatic heterocycles. The molecule has 1 aromatic carbocycles. The van der Waals surface area contributed by atoms with Crippen molar-refractivity contribution in [1.29, 1.82) is 0 Å². The van der Waals surface area contributed by atoms with Gasteiger partial charge in [-0.05, 0) is 29.9 Å². The summed E-state index contributed by atoms with van der Waals surface area (Å²) >= 11 is 4.00. The third-order valence-electron chi connectivity index (χ3n) is 1.66. The number of aliphatic hydroxyl groups excluding tert-OH is 1. The van der Waals surface area contributed by atoms with E-state index in [9.17, 15) is 9.50 Å². The smallest absolute Gasteiger partial charge is 0.123 e. The van der Waals surface area contributed by atoms with Crippen LogP contribution >= 0.6 is 12.6 Å². The van der Waals surface area contributed by atoms with Crippen LogP contribution < -0.4 is 0 Å². The maximum atomic E-state index is 12.4. The summed E-state index contributed by atoms with van der Waals surface area (Å²) < 4.78 is 12.4. The second-order valence-corrected chi connectivity index (χ2v) is 3.03. The highest BCUT2D eigenvalue weighted by molar-refractivity contribution is 7.80. The van der Waals surface area contributed by atoms with Crippen molar-refractivity contribution in [2.45, 2.75) is 12.5 Å². The van der Waals surface area contributed by atoms with Crippen molar-refractivity contribution in [2.24, 2.45) is 0 Å². The molecule has 1 unspecified atom stereocenters. The summed E-state index contributed by atoms with van der Waals surface area (Å²) in [5.41, 5.74) is 0.741. The molecule has 0 aliphatic rings. The van der Waals surface area contributed by atoms with E-state index in [2.05, 4.69) is 12.6 Å². The SMILES string of the molecule is OC(CCS)c1ccc(F)cc1. The molecule has 0 amide bonds. The van der Waals surface area contributed by atoms with Gasteiger partial charge < -0.3 is 5.11 Å². The van der Waals surface area contributed by atoms with Crippen LogP contribution in [0, 0.1) is 5.82 Å². The van der Waals surface area contributed by atoms with E-state index in [1.165, 1.54) is 12.1 Å². The number of hydrogen-bond acceptors (Lipinski definition) is 2. The maximum absolute atomic E-state index is 12.4. The molecule has 12 heavy (non-hydrogen) atoms. The lowest BCUT2D eigenvalue weighted by Crippen LogP contribution is -1.97. The molecule has 0 saturated carbocycles. The molecule has 66 valence electrons. The Labute approximate surface area is 76.6 Å². The fourth-order valence-electron chi connectivity index (χ4n) is 0.974. The Kier molecular flexibility index (Phi) is 3.56. The summed E-state index contributed by atoms with van der Waals surface area (Å²) in [6.45, 7) is 0. The molecule has 1 aromatic rings. The van der Waals surface area contributed by atoms with Crippen LogP contribution in [0.5, 0.6) is 0 Å². The van der Waals surface area contributed by atoms with Crippen LogP contribution in [0.3, 0.4) is 0 Å². The molecule has 1 rings (SSSR count). The molecule has 0 aliphatic carbocycles. The largest absolute Gasteiger partial charge is 0.388 e. The van der Waals surface area contributed by atoms with Gasteiger partial charge >= 0.3 is 0 Å². The maximum Gasteiger partial charge on any atom is 0.123 e. The van der Waals surface area contributed by atoms with Gasteiger partial charge in [-0.1, -0.05) is 12.1 Å². The number of benzene rings is 1. The van der Waals surface area contributed by atoms with E-state index < -0.39 is 6.10 Å². The van der Waals surface area contributed by atoms with Gasteiger partial charge in [0.05, 0.1) is 6.10 Å². The van der Waals surface area contributed by atoms with Crippen molar-refractivity contribution in [1.82, 2.24) is 0 Å². The first-order valence-corrected chi connectivity index (χ1v) is 4.41. The van der Waals surface area contributed by atoms with Crippen molar-refractivity contribution < 1.29 is 9.50 Å². The minimum atomic E-state index is -0.525. The molecule has 1 N–H and O–H groups in total. The van der Waals surface area contributed by atoms with Gasteiger partial charge in [0.1, 0.15) is 5.82 Å². The first-order chi connectivity index (χ1) is 5.74. The normalized spacial score (nSPS) is 12.9. The topological polar surface area (TPSA) is 20.2 Å².